The Morgan fingerprint density at radius 1 is 1.22 bits per heavy atom. The van der Waals surface area contributed by atoms with E-state index in [0.717, 1.165) is 18.5 Å². The highest BCUT2D eigenvalue weighted by atomic mass is 16.5. The van der Waals surface area contributed by atoms with Gasteiger partial charge in [-0.25, -0.2) is 0 Å². The fourth-order valence-electron chi connectivity index (χ4n) is 3.79. The van der Waals surface area contributed by atoms with E-state index in [-0.39, 0.29) is 36.0 Å². The van der Waals surface area contributed by atoms with E-state index in [1.165, 1.54) is 0 Å². The van der Waals surface area contributed by atoms with Crippen molar-refractivity contribution in [3.63, 3.8) is 0 Å². The van der Waals surface area contributed by atoms with Gasteiger partial charge in [-0.2, -0.15) is 0 Å². The third-order valence-corrected chi connectivity index (χ3v) is 5.19. The molecule has 0 bridgehead atoms. The number of esters is 1. The van der Waals surface area contributed by atoms with Gasteiger partial charge in [0.2, 0.25) is 11.8 Å². The number of benzene rings is 1. The van der Waals surface area contributed by atoms with Crippen LogP contribution >= 0.6 is 0 Å². The summed E-state index contributed by atoms with van der Waals surface area (Å²) in [6, 6.07) is 7.27. The molecule has 2 amide bonds. The fraction of sp³-hybridized carbons (Fsp3) is 0.550. The van der Waals surface area contributed by atoms with Gasteiger partial charge in [-0.05, 0) is 31.9 Å². The van der Waals surface area contributed by atoms with Crippen LogP contribution in [0.3, 0.4) is 0 Å². The van der Waals surface area contributed by atoms with Crippen LogP contribution in [0.1, 0.15) is 26.2 Å². The molecule has 0 aliphatic carbocycles. The second kappa shape index (κ2) is 8.41. The molecular weight excluding hydrogens is 348 g/mol. The normalized spacial score (nSPS) is 22.7. The third kappa shape index (κ3) is 4.23. The Hall–Kier alpha value is -2.57. The van der Waals surface area contributed by atoms with Crippen LogP contribution in [0.25, 0.3) is 0 Å². The summed E-state index contributed by atoms with van der Waals surface area (Å²) in [6.07, 6.45) is 1.70. The van der Waals surface area contributed by atoms with E-state index in [4.69, 9.17) is 9.47 Å². The van der Waals surface area contributed by atoms with Crippen LogP contribution in [0, 0.1) is 11.8 Å². The number of rotatable bonds is 5. The Balaban J connectivity index is 1.65. The second-order valence-electron chi connectivity index (χ2n) is 6.98. The maximum absolute atomic E-state index is 12.9. The number of hydrogen-bond donors (Lipinski definition) is 0. The summed E-state index contributed by atoms with van der Waals surface area (Å²) in [5.74, 6) is -0.346. The monoisotopic (exact) mass is 374 g/mol. The van der Waals surface area contributed by atoms with Gasteiger partial charge in [0.1, 0.15) is 5.75 Å². The molecular formula is C20H26N2O5. The number of hydrogen-bond acceptors (Lipinski definition) is 5. The van der Waals surface area contributed by atoms with Gasteiger partial charge in [-0.1, -0.05) is 6.07 Å². The summed E-state index contributed by atoms with van der Waals surface area (Å²) < 4.78 is 10.3. The highest BCUT2D eigenvalue weighted by molar-refractivity contribution is 6.00. The van der Waals surface area contributed by atoms with Gasteiger partial charge in [0.25, 0.3) is 0 Å². The zero-order valence-electron chi connectivity index (χ0n) is 15.8. The lowest BCUT2D eigenvalue weighted by atomic mass is 9.96. The van der Waals surface area contributed by atoms with Crippen LogP contribution in [-0.4, -0.2) is 56.0 Å². The van der Waals surface area contributed by atoms with E-state index in [1.54, 1.807) is 29.9 Å². The van der Waals surface area contributed by atoms with E-state index >= 15 is 0 Å². The van der Waals surface area contributed by atoms with Gasteiger partial charge in [0, 0.05) is 37.8 Å². The number of nitrogens with zero attached hydrogens (tertiary/aromatic N) is 2. The average molecular weight is 374 g/mol. The van der Waals surface area contributed by atoms with Crippen LogP contribution in [0.4, 0.5) is 5.69 Å². The molecule has 2 aliphatic rings. The molecule has 2 saturated heterocycles. The van der Waals surface area contributed by atoms with Crippen LogP contribution in [0.5, 0.6) is 5.75 Å². The fourth-order valence-corrected chi connectivity index (χ4v) is 3.79. The molecule has 1 aromatic carbocycles. The van der Waals surface area contributed by atoms with Crippen molar-refractivity contribution in [3.8, 4) is 5.75 Å². The van der Waals surface area contributed by atoms with Gasteiger partial charge in [0.15, 0.2) is 0 Å². The topological polar surface area (TPSA) is 76.2 Å². The van der Waals surface area contributed by atoms with Crippen LogP contribution in [0.2, 0.25) is 0 Å². The quantitative estimate of drug-likeness (QED) is 0.735. The second-order valence-corrected chi connectivity index (χ2v) is 6.98. The molecule has 1 aromatic rings. The molecule has 0 unspecified atom stereocenters. The Kier molecular flexibility index (Phi) is 5.98. The SMILES string of the molecule is CCOC(=O)[C@@H]1CCCN(C(=O)[C@H]2CC(=O)N(c3cccc(OC)c3)C2)C1. The number of anilines is 1. The summed E-state index contributed by atoms with van der Waals surface area (Å²) in [5.41, 5.74) is 0.734. The summed E-state index contributed by atoms with van der Waals surface area (Å²) in [4.78, 5) is 40.8. The number of ether oxygens (including phenoxy) is 2. The molecule has 27 heavy (non-hydrogen) atoms. The molecule has 146 valence electrons. The van der Waals surface area contributed by atoms with Crippen molar-refractivity contribution in [2.75, 3.05) is 38.3 Å². The van der Waals surface area contributed by atoms with E-state index in [0.29, 0.717) is 32.0 Å². The first-order valence-corrected chi connectivity index (χ1v) is 9.43. The van der Waals surface area contributed by atoms with E-state index < -0.39 is 0 Å². The van der Waals surface area contributed by atoms with Crippen LogP contribution in [-0.2, 0) is 19.1 Å². The predicted molar refractivity (Wildman–Crippen MR) is 99.4 cm³/mol. The van der Waals surface area contributed by atoms with Crippen LogP contribution in [0.15, 0.2) is 24.3 Å². The molecule has 7 nitrogen and oxygen atoms in total. The zero-order valence-corrected chi connectivity index (χ0v) is 15.8. The first-order chi connectivity index (χ1) is 13.0. The predicted octanol–water partition coefficient (Wildman–Crippen LogP) is 1.85. The number of carbonyl (C=O) groups excluding carboxylic acids is 3. The molecule has 0 saturated carbocycles. The summed E-state index contributed by atoms with van der Waals surface area (Å²) in [6.45, 7) is 3.47. The molecule has 0 aromatic heterocycles. The molecule has 2 heterocycles. The average Bonchev–Trinajstić information content (AvgIpc) is 3.09. The molecule has 0 N–H and O–H groups in total. The Morgan fingerprint density at radius 2 is 2.04 bits per heavy atom. The summed E-state index contributed by atoms with van der Waals surface area (Å²) >= 11 is 0. The lowest BCUT2D eigenvalue weighted by Crippen LogP contribution is -2.45. The number of carbonyl (C=O) groups is 3. The highest BCUT2D eigenvalue weighted by Crippen LogP contribution is 2.30. The lowest BCUT2D eigenvalue weighted by molar-refractivity contribution is -0.152. The van der Waals surface area contributed by atoms with E-state index in [9.17, 15) is 14.4 Å². The number of amides is 2. The zero-order chi connectivity index (χ0) is 19.4. The molecule has 0 radical (unpaired) electrons. The first kappa shape index (κ1) is 19.2. The Morgan fingerprint density at radius 3 is 2.78 bits per heavy atom. The van der Waals surface area contributed by atoms with Crippen molar-refractivity contribution in [1.29, 1.82) is 0 Å². The van der Waals surface area contributed by atoms with Crippen molar-refractivity contribution >= 4 is 23.5 Å². The maximum atomic E-state index is 12.9. The maximum Gasteiger partial charge on any atom is 0.310 e. The Bertz CT molecular complexity index is 720. The van der Waals surface area contributed by atoms with Gasteiger partial charge < -0.3 is 19.3 Å². The largest absolute Gasteiger partial charge is 0.497 e. The molecule has 2 fully saturated rings. The minimum Gasteiger partial charge on any atom is -0.497 e. The van der Waals surface area contributed by atoms with Crippen molar-refractivity contribution < 1.29 is 23.9 Å². The molecule has 7 heteroatoms. The van der Waals surface area contributed by atoms with E-state index in [2.05, 4.69) is 0 Å². The smallest absolute Gasteiger partial charge is 0.310 e. The highest BCUT2D eigenvalue weighted by Gasteiger charge is 2.39. The summed E-state index contributed by atoms with van der Waals surface area (Å²) in [7, 11) is 1.58. The number of piperidine rings is 1. The first-order valence-electron chi connectivity index (χ1n) is 9.43. The standard InChI is InChI=1S/C20H26N2O5/c1-3-27-20(25)14-6-5-9-21(12-14)19(24)15-10-18(23)22(13-15)16-7-4-8-17(11-16)26-2/h4,7-8,11,14-15H,3,5-6,9-10,12-13H2,1-2H3/t14-,15+/m1/s1. The minimum atomic E-state index is -0.385. The lowest BCUT2D eigenvalue weighted by Gasteiger charge is -2.33. The third-order valence-electron chi connectivity index (χ3n) is 5.19. The molecule has 2 atom stereocenters. The number of likely N-dealkylation sites (tertiary alicyclic amines) is 1. The van der Waals surface area contributed by atoms with Crippen LogP contribution < -0.4 is 9.64 Å². The van der Waals surface area contributed by atoms with E-state index in [1.807, 2.05) is 18.2 Å². The van der Waals surface area contributed by atoms with Crippen molar-refractivity contribution in [2.45, 2.75) is 26.2 Å². The minimum absolute atomic E-state index is 0.0530. The van der Waals surface area contributed by atoms with Gasteiger partial charge in [0.05, 0.1) is 25.6 Å². The van der Waals surface area contributed by atoms with Crippen molar-refractivity contribution in [1.82, 2.24) is 4.90 Å². The van der Waals surface area contributed by atoms with Gasteiger partial charge in [-0.3, -0.25) is 14.4 Å². The molecule has 3 rings (SSSR count). The Labute approximate surface area is 159 Å². The summed E-state index contributed by atoms with van der Waals surface area (Å²) in [5, 5.41) is 0. The van der Waals surface area contributed by atoms with Gasteiger partial charge in [-0.15, -0.1) is 0 Å². The van der Waals surface area contributed by atoms with Crippen molar-refractivity contribution in [2.24, 2.45) is 11.8 Å². The molecule has 2 aliphatic heterocycles. The van der Waals surface area contributed by atoms with Gasteiger partial charge >= 0.3 is 5.97 Å². The van der Waals surface area contributed by atoms with Crippen molar-refractivity contribution in [3.05, 3.63) is 24.3 Å². The molecule has 0 spiro atoms. The number of methoxy groups -OCH3 is 1.